The van der Waals surface area contributed by atoms with Crippen LogP contribution in [0.25, 0.3) is 0 Å². The SMILES string of the molecule is CCCNC(=O)[C@H]1[C@H]2C(=O)N(CCO)C(C(=O)NCc3ccccc3)C23CC[C@]1(C)S3. The highest BCUT2D eigenvalue weighted by molar-refractivity contribution is 8.02. The van der Waals surface area contributed by atoms with Crippen molar-refractivity contribution in [3.8, 4) is 0 Å². The maximum absolute atomic E-state index is 13.5. The molecule has 4 rings (SSSR count). The Morgan fingerprint density at radius 2 is 1.94 bits per heavy atom. The van der Waals surface area contributed by atoms with Crippen molar-refractivity contribution >= 4 is 29.5 Å². The molecule has 1 aromatic carbocycles. The molecular weight excluding hydrogens is 414 g/mol. The Bertz CT molecular complexity index is 866. The number of hydrogen-bond acceptors (Lipinski definition) is 5. The van der Waals surface area contributed by atoms with Gasteiger partial charge in [0.05, 0.1) is 23.2 Å². The Hall–Kier alpha value is -2.06. The summed E-state index contributed by atoms with van der Waals surface area (Å²) in [6.45, 7) is 4.89. The Morgan fingerprint density at radius 3 is 2.61 bits per heavy atom. The number of nitrogens with zero attached hydrogens (tertiary/aromatic N) is 1. The van der Waals surface area contributed by atoms with Crippen molar-refractivity contribution in [3.63, 3.8) is 0 Å². The van der Waals surface area contributed by atoms with Gasteiger partial charge in [0.1, 0.15) is 6.04 Å². The second kappa shape index (κ2) is 8.47. The van der Waals surface area contributed by atoms with Gasteiger partial charge in [-0.25, -0.2) is 0 Å². The fourth-order valence-electron chi connectivity index (χ4n) is 5.72. The summed E-state index contributed by atoms with van der Waals surface area (Å²) in [5, 5.41) is 15.6. The Morgan fingerprint density at radius 1 is 1.19 bits per heavy atom. The van der Waals surface area contributed by atoms with E-state index >= 15 is 0 Å². The van der Waals surface area contributed by atoms with Crippen LogP contribution >= 0.6 is 11.8 Å². The summed E-state index contributed by atoms with van der Waals surface area (Å²) in [6.07, 6.45) is 2.34. The van der Waals surface area contributed by atoms with Crippen LogP contribution in [0.15, 0.2) is 30.3 Å². The van der Waals surface area contributed by atoms with Gasteiger partial charge < -0.3 is 20.6 Å². The first-order chi connectivity index (χ1) is 14.9. The maximum Gasteiger partial charge on any atom is 0.244 e. The number of benzene rings is 1. The predicted octanol–water partition coefficient (Wildman–Crippen LogP) is 1.30. The standard InChI is InChI=1S/C23H31N3O4S/c1-3-11-24-19(28)16-17-21(30)26(12-13-27)18(23(17)10-9-22(16,2)31-23)20(29)25-14-15-7-5-4-6-8-15/h4-8,16-18,27H,3,9-14H2,1-2H3,(H,24,28)(H,25,29)/t16-,17+,18?,22+,23?/m1/s1. The molecule has 3 saturated heterocycles. The van der Waals surface area contributed by atoms with Gasteiger partial charge in [-0.05, 0) is 31.7 Å². The van der Waals surface area contributed by atoms with Crippen LogP contribution in [0.3, 0.4) is 0 Å². The van der Waals surface area contributed by atoms with Crippen LogP contribution in [-0.2, 0) is 20.9 Å². The fourth-order valence-corrected chi connectivity index (χ4v) is 8.07. The molecule has 2 bridgehead atoms. The van der Waals surface area contributed by atoms with Crippen LogP contribution in [0.2, 0.25) is 0 Å². The minimum absolute atomic E-state index is 0.0916. The van der Waals surface area contributed by atoms with Crippen molar-refractivity contribution in [1.29, 1.82) is 0 Å². The second-order valence-corrected chi connectivity index (χ2v) is 10.9. The quantitative estimate of drug-likeness (QED) is 0.560. The Balaban J connectivity index is 1.63. The van der Waals surface area contributed by atoms with Gasteiger partial charge in [0.2, 0.25) is 17.7 Å². The van der Waals surface area contributed by atoms with Gasteiger partial charge in [0.15, 0.2) is 0 Å². The number of amides is 3. The lowest BCUT2D eigenvalue weighted by atomic mass is 9.66. The van der Waals surface area contributed by atoms with Gasteiger partial charge in [-0.3, -0.25) is 14.4 Å². The molecule has 3 aliphatic rings. The van der Waals surface area contributed by atoms with Gasteiger partial charge in [-0.15, -0.1) is 11.8 Å². The minimum Gasteiger partial charge on any atom is -0.395 e. The number of aliphatic hydroxyl groups is 1. The first-order valence-electron chi connectivity index (χ1n) is 11.1. The van der Waals surface area contributed by atoms with E-state index in [9.17, 15) is 19.5 Å². The second-order valence-electron chi connectivity index (χ2n) is 8.98. The molecular formula is C23H31N3O4S. The third-order valence-corrected chi connectivity index (χ3v) is 8.99. The van der Waals surface area contributed by atoms with E-state index in [1.54, 1.807) is 11.8 Å². The van der Waals surface area contributed by atoms with Crippen molar-refractivity contribution in [2.24, 2.45) is 11.8 Å². The largest absolute Gasteiger partial charge is 0.395 e. The monoisotopic (exact) mass is 445 g/mol. The van der Waals surface area contributed by atoms with Crippen LogP contribution < -0.4 is 10.6 Å². The van der Waals surface area contributed by atoms with Gasteiger partial charge in [0.25, 0.3) is 0 Å². The molecule has 8 heteroatoms. The van der Waals surface area contributed by atoms with Crippen molar-refractivity contribution in [3.05, 3.63) is 35.9 Å². The molecule has 3 N–H and O–H groups in total. The number of hydrogen-bond donors (Lipinski definition) is 3. The van der Waals surface area contributed by atoms with E-state index in [0.717, 1.165) is 18.4 Å². The molecule has 1 spiro atoms. The fraction of sp³-hybridized carbons (Fsp3) is 0.609. The molecule has 3 heterocycles. The van der Waals surface area contributed by atoms with Gasteiger partial charge in [-0.1, -0.05) is 37.3 Å². The summed E-state index contributed by atoms with van der Waals surface area (Å²) in [7, 11) is 0. The summed E-state index contributed by atoms with van der Waals surface area (Å²) in [5.41, 5.74) is 0.982. The van der Waals surface area contributed by atoms with E-state index in [1.165, 1.54) is 4.90 Å². The van der Waals surface area contributed by atoms with E-state index in [0.29, 0.717) is 19.5 Å². The summed E-state index contributed by atoms with van der Waals surface area (Å²) in [4.78, 5) is 41.6. The van der Waals surface area contributed by atoms with E-state index in [4.69, 9.17) is 0 Å². The Labute approximate surface area is 187 Å². The molecule has 7 nitrogen and oxygen atoms in total. The molecule has 3 aliphatic heterocycles. The third-order valence-electron chi connectivity index (χ3n) is 7.01. The number of fused-ring (bicyclic) bond motifs is 1. The highest BCUT2D eigenvalue weighted by Crippen LogP contribution is 2.71. The number of carbonyl (C=O) groups excluding carboxylic acids is 3. The average Bonchev–Trinajstić information content (AvgIpc) is 3.32. The van der Waals surface area contributed by atoms with E-state index in [1.807, 2.05) is 37.3 Å². The number of thioether (sulfide) groups is 1. The zero-order valence-electron chi connectivity index (χ0n) is 18.1. The lowest BCUT2D eigenvalue weighted by Gasteiger charge is -2.34. The van der Waals surface area contributed by atoms with Crippen molar-refractivity contribution < 1.29 is 19.5 Å². The van der Waals surface area contributed by atoms with Gasteiger partial charge in [0, 0.05) is 24.4 Å². The molecule has 3 amide bonds. The van der Waals surface area contributed by atoms with Crippen LogP contribution in [-0.4, -0.2) is 63.0 Å². The topological polar surface area (TPSA) is 98.7 Å². The Kier molecular flexibility index (Phi) is 6.05. The zero-order chi connectivity index (χ0) is 22.2. The number of aliphatic hydroxyl groups excluding tert-OH is 1. The number of likely N-dealkylation sites (tertiary alicyclic amines) is 1. The average molecular weight is 446 g/mol. The zero-order valence-corrected chi connectivity index (χ0v) is 18.9. The number of nitrogens with one attached hydrogen (secondary N) is 2. The smallest absolute Gasteiger partial charge is 0.244 e. The molecule has 1 aromatic rings. The minimum atomic E-state index is -0.684. The molecule has 0 radical (unpaired) electrons. The van der Waals surface area contributed by atoms with Crippen molar-refractivity contribution in [2.75, 3.05) is 19.7 Å². The predicted molar refractivity (Wildman–Crippen MR) is 119 cm³/mol. The summed E-state index contributed by atoms with van der Waals surface area (Å²) < 4.78 is -0.989. The van der Waals surface area contributed by atoms with Gasteiger partial charge in [-0.2, -0.15) is 0 Å². The number of rotatable bonds is 8. The van der Waals surface area contributed by atoms with Crippen LogP contribution in [0, 0.1) is 11.8 Å². The molecule has 0 aliphatic carbocycles. The van der Waals surface area contributed by atoms with E-state index in [-0.39, 0.29) is 35.6 Å². The molecule has 5 atom stereocenters. The lowest BCUT2D eigenvalue weighted by Crippen LogP contribution is -2.54. The highest BCUT2D eigenvalue weighted by Gasteiger charge is 2.76. The van der Waals surface area contributed by atoms with Crippen molar-refractivity contribution in [1.82, 2.24) is 15.5 Å². The lowest BCUT2D eigenvalue weighted by molar-refractivity contribution is -0.141. The van der Waals surface area contributed by atoms with E-state index < -0.39 is 22.6 Å². The van der Waals surface area contributed by atoms with Gasteiger partial charge >= 0.3 is 0 Å². The van der Waals surface area contributed by atoms with Crippen molar-refractivity contribution in [2.45, 2.75) is 55.2 Å². The molecule has 31 heavy (non-hydrogen) atoms. The van der Waals surface area contributed by atoms with E-state index in [2.05, 4.69) is 17.6 Å². The number of carbonyl (C=O) groups is 3. The third kappa shape index (κ3) is 3.53. The normalized spacial score (nSPS) is 33.5. The molecule has 168 valence electrons. The van der Waals surface area contributed by atoms with Crippen LogP contribution in [0.1, 0.15) is 38.7 Å². The maximum atomic E-state index is 13.5. The first-order valence-corrected chi connectivity index (χ1v) is 11.9. The summed E-state index contributed by atoms with van der Waals surface area (Å²) >= 11 is 1.65. The molecule has 0 aromatic heterocycles. The first kappa shape index (κ1) is 22.1. The summed E-state index contributed by atoms with van der Waals surface area (Å²) in [6, 6.07) is 8.96. The number of β-amino-alcohol motifs (C(OH)–C–C–N with tert-alkyl or cyclic N) is 1. The highest BCUT2D eigenvalue weighted by atomic mass is 32.2. The van der Waals surface area contributed by atoms with Crippen LogP contribution in [0.4, 0.5) is 0 Å². The summed E-state index contributed by atoms with van der Waals surface area (Å²) in [5.74, 6) is -1.47. The van der Waals surface area contributed by atoms with Crippen LogP contribution in [0.5, 0.6) is 0 Å². The molecule has 3 fully saturated rings. The molecule has 2 unspecified atom stereocenters. The molecule has 0 saturated carbocycles.